The highest BCUT2D eigenvalue weighted by atomic mass is 15.1. The Bertz CT molecular complexity index is 332. The Hall–Kier alpha value is -0.980. The van der Waals surface area contributed by atoms with Crippen molar-refractivity contribution in [1.29, 1.82) is 0 Å². The van der Waals surface area contributed by atoms with Crippen molar-refractivity contribution in [2.75, 3.05) is 18.0 Å². The molecule has 1 nitrogen and oxygen atoms in total. The Morgan fingerprint density at radius 3 is 2.00 bits per heavy atom. The maximum atomic E-state index is 2.53. The Kier molecular flexibility index (Phi) is 5.54. The van der Waals surface area contributed by atoms with Gasteiger partial charge in [-0.05, 0) is 45.2 Å². The van der Waals surface area contributed by atoms with Crippen LogP contribution in [0.2, 0.25) is 0 Å². The lowest BCUT2D eigenvalue weighted by atomic mass is 10.0. The number of hydrogen-bond acceptors (Lipinski definition) is 1. The van der Waals surface area contributed by atoms with E-state index in [0.717, 1.165) is 6.54 Å². The van der Waals surface area contributed by atoms with Gasteiger partial charge in [-0.15, -0.1) is 0 Å². The lowest BCUT2D eigenvalue weighted by Crippen LogP contribution is -2.25. The highest BCUT2D eigenvalue weighted by molar-refractivity contribution is 5.60. The van der Waals surface area contributed by atoms with Crippen molar-refractivity contribution < 1.29 is 0 Å². The SMILES string of the molecule is CCCCCN(CC)c1c(C)cc(C)cc1C. The van der Waals surface area contributed by atoms with Gasteiger partial charge in [0, 0.05) is 18.8 Å². The third-order valence-corrected chi connectivity index (χ3v) is 3.36. The number of rotatable bonds is 6. The van der Waals surface area contributed by atoms with E-state index in [4.69, 9.17) is 0 Å². The fourth-order valence-corrected chi connectivity index (χ4v) is 2.65. The van der Waals surface area contributed by atoms with Crippen molar-refractivity contribution in [1.82, 2.24) is 0 Å². The van der Waals surface area contributed by atoms with Gasteiger partial charge in [0.15, 0.2) is 0 Å². The quantitative estimate of drug-likeness (QED) is 0.648. The van der Waals surface area contributed by atoms with Crippen LogP contribution >= 0.6 is 0 Å². The van der Waals surface area contributed by atoms with Gasteiger partial charge < -0.3 is 4.90 Å². The maximum Gasteiger partial charge on any atom is 0.0425 e. The first-order valence-electron chi connectivity index (χ1n) is 6.92. The van der Waals surface area contributed by atoms with Crippen molar-refractivity contribution in [2.45, 2.75) is 53.9 Å². The van der Waals surface area contributed by atoms with Crippen molar-refractivity contribution >= 4 is 5.69 Å². The summed E-state index contributed by atoms with van der Waals surface area (Å²) in [6.07, 6.45) is 3.93. The minimum atomic E-state index is 1.11. The molecule has 0 spiro atoms. The van der Waals surface area contributed by atoms with E-state index in [9.17, 15) is 0 Å². The summed E-state index contributed by atoms with van der Waals surface area (Å²) in [5, 5.41) is 0. The van der Waals surface area contributed by atoms with Crippen LogP contribution < -0.4 is 4.90 Å². The molecular formula is C16H27N. The first kappa shape index (κ1) is 14.1. The summed E-state index contributed by atoms with van der Waals surface area (Å²) in [4.78, 5) is 2.53. The van der Waals surface area contributed by atoms with E-state index in [2.05, 4.69) is 51.7 Å². The molecule has 1 aromatic rings. The van der Waals surface area contributed by atoms with Crippen molar-refractivity contribution in [2.24, 2.45) is 0 Å². The van der Waals surface area contributed by atoms with Crippen molar-refractivity contribution in [3.05, 3.63) is 28.8 Å². The molecule has 0 aliphatic rings. The molecule has 96 valence electrons. The molecule has 17 heavy (non-hydrogen) atoms. The first-order chi connectivity index (χ1) is 8.10. The normalized spacial score (nSPS) is 10.6. The summed E-state index contributed by atoms with van der Waals surface area (Å²) in [7, 11) is 0. The molecule has 0 saturated heterocycles. The predicted octanol–water partition coefficient (Wildman–Crippen LogP) is 4.63. The topological polar surface area (TPSA) is 3.24 Å². The predicted molar refractivity (Wildman–Crippen MR) is 78.1 cm³/mol. The van der Waals surface area contributed by atoms with E-state index in [1.165, 1.54) is 48.2 Å². The van der Waals surface area contributed by atoms with Crippen molar-refractivity contribution in [3.8, 4) is 0 Å². The van der Waals surface area contributed by atoms with Crippen LogP contribution in [-0.4, -0.2) is 13.1 Å². The van der Waals surface area contributed by atoms with E-state index >= 15 is 0 Å². The zero-order chi connectivity index (χ0) is 12.8. The maximum absolute atomic E-state index is 2.53. The van der Waals surface area contributed by atoms with Gasteiger partial charge in [0.25, 0.3) is 0 Å². The van der Waals surface area contributed by atoms with Crippen LogP contribution in [0.3, 0.4) is 0 Å². The minimum absolute atomic E-state index is 1.11. The summed E-state index contributed by atoms with van der Waals surface area (Å²) in [5.41, 5.74) is 5.66. The van der Waals surface area contributed by atoms with Gasteiger partial charge in [-0.25, -0.2) is 0 Å². The standard InChI is InChI=1S/C16H27N/c1-6-8-9-10-17(7-2)16-14(4)11-13(3)12-15(16)5/h11-12H,6-10H2,1-5H3. The monoisotopic (exact) mass is 233 g/mol. The largest absolute Gasteiger partial charge is 0.371 e. The van der Waals surface area contributed by atoms with Crippen LogP contribution in [-0.2, 0) is 0 Å². The molecule has 0 amide bonds. The molecule has 0 atom stereocenters. The molecule has 0 radical (unpaired) electrons. The molecule has 0 unspecified atom stereocenters. The summed E-state index contributed by atoms with van der Waals surface area (Å²) in [5.74, 6) is 0. The van der Waals surface area contributed by atoms with Gasteiger partial charge in [0.2, 0.25) is 0 Å². The summed E-state index contributed by atoms with van der Waals surface area (Å²) in [6.45, 7) is 13.5. The molecule has 0 heterocycles. The fraction of sp³-hybridized carbons (Fsp3) is 0.625. The molecular weight excluding hydrogens is 206 g/mol. The van der Waals surface area contributed by atoms with Gasteiger partial charge in [-0.2, -0.15) is 0 Å². The fourth-order valence-electron chi connectivity index (χ4n) is 2.65. The number of nitrogens with zero attached hydrogens (tertiary/aromatic N) is 1. The molecule has 1 aromatic carbocycles. The summed E-state index contributed by atoms with van der Waals surface area (Å²) >= 11 is 0. The first-order valence-corrected chi connectivity index (χ1v) is 6.92. The molecule has 0 N–H and O–H groups in total. The second-order valence-corrected chi connectivity index (χ2v) is 5.03. The molecule has 0 aliphatic heterocycles. The second-order valence-electron chi connectivity index (χ2n) is 5.03. The Morgan fingerprint density at radius 2 is 1.53 bits per heavy atom. The molecule has 0 bridgehead atoms. The molecule has 0 fully saturated rings. The molecule has 0 aliphatic carbocycles. The number of anilines is 1. The Morgan fingerprint density at radius 1 is 0.941 bits per heavy atom. The Balaban J connectivity index is 2.87. The number of hydrogen-bond donors (Lipinski definition) is 0. The van der Waals surface area contributed by atoms with Gasteiger partial charge >= 0.3 is 0 Å². The zero-order valence-corrected chi connectivity index (χ0v) is 12.1. The minimum Gasteiger partial charge on any atom is -0.371 e. The highest BCUT2D eigenvalue weighted by Gasteiger charge is 2.10. The molecule has 1 heteroatoms. The van der Waals surface area contributed by atoms with E-state index in [1.54, 1.807) is 0 Å². The summed E-state index contributed by atoms with van der Waals surface area (Å²) in [6, 6.07) is 4.59. The number of benzene rings is 1. The van der Waals surface area contributed by atoms with Crippen molar-refractivity contribution in [3.63, 3.8) is 0 Å². The highest BCUT2D eigenvalue weighted by Crippen LogP contribution is 2.26. The molecule has 1 rings (SSSR count). The van der Waals surface area contributed by atoms with Crippen LogP contribution in [0.25, 0.3) is 0 Å². The van der Waals surface area contributed by atoms with E-state index < -0.39 is 0 Å². The third kappa shape index (κ3) is 3.76. The van der Waals surface area contributed by atoms with Gasteiger partial charge in [0.05, 0.1) is 0 Å². The molecule has 0 aromatic heterocycles. The summed E-state index contributed by atoms with van der Waals surface area (Å²) < 4.78 is 0. The number of aryl methyl sites for hydroxylation is 3. The number of unbranched alkanes of at least 4 members (excludes halogenated alkanes) is 2. The molecule has 0 saturated carbocycles. The van der Waals surface area contributed by atoms with Gasteiger partial charge in [0.1, 0.15) is 0 Å². The average molecular weight is 233 g/mol. The third-order valence-electron chi connectivity index (χ3n) is 3.36. The zero-order valence-electron chi connectivity index (χ0n) is 12.1. The average Bonchev–Trinajstić information content (AvgIpc) is 2.25. The van der Waals surface area contributed by atoms with Crippen LogP contribution in [0.4, 0.5) is 5.69 Å². The smallest absolute Gasteiger partial charge is 0.0425 e. The van der Waals surface area contributed by atoms with Crippen LogP contribution in [0, 0.1) is 20.8 Å². The lowest BCUT2D eigenvalue weighted by Gasteiger charge is -2.27. The van der Waals surface area contributed by atoms with Crippen LogP contribution in [0.5, 0.6) is 0 Å². The van der Waals surface area contributed by atoms with Gasteiger partial charge in [-0.3, -0.25) is 0 Å². The lowest BCUT2D eigenvalue weighted by molar-refractivity contribution is 0.683. The van der Waals surface area contributed by atoms with Crippen LogP contribution in [0.1, 0.15) is 49.8 Å². The van der Waals surface area contributed by atoms with E-state index in [-0.39, 0.29) is 0 Å². The van der Waals surface area contributed by atoms with Crippen LogP contribution in [0.15, 0.2) is 12.1 Å². The second kappa shape index (κ2) is 6.68. The van der Waals surface area contributed by atoms with E-state index in [1.807, 2.05) is 0 Å². The Labute approximate surface area is 107 Å². The van der Waals surface area contributed by atoms with E-state index in [0.29, 0.717) is 0 Å². The van der Waals surface area contributed by atoms with Gasteiger partial charge in [-0.1, -0.05) is 37.5 Å².